The summed E-state index contributed by atoms with van der Waals surface area (Å²) < 4.78 is 0.939. The first-order valence-corrected chi connectivity index (χ1v) is 8.44. The Hall–Kier alpha value is -2.47. The SMILES string of the molecule is Cc1ccc(C(=O)C=C(O)C(=O)Nc2nc3ccc(C)cc3s2)cc1.[Fe]. The van der Waals surface area contributed by atoms with Gasteiger partial charge in [0.15, 0.2) is 16.7 Å². The molecule has 26 heavy (non-hydrogen) atoms. The summed E-state index contributed by atoms with van der Waals surface area (Å²) >= 11 is 1.31. The van der Waals surface area contributed by atoms with Gasteiger partial charge in [0.05, 0.1) is 10.2 Å². The second-order valence-electron chi connectivity index (χ2n) is 5.70. The molecule has 2 aromatic carbocycles. The Labute approximate surface area is 165 Å². The van der Waals surface area contributed by atoms with Crippen LogP contribution in [0.15, 0.2) is 54.3 Å². The average molecular weight is 408 g/mol. The molecule has 0 aliphatic rings. The number of aryl methyl sites for hydroxylation is 2. The van der Waals surface area contributed by atoms with E-state index in [2.05, 4.69) is 10.3 Å². The molecule has 0 aliphatic heterocycles. The summed E-state index contributed by atoms with van der Waals surface area (Å²) in [7, 11) is 0. The molecule has 1 heterocycles. The fourth-order valence-electron chi connectivity index (χ4n) is 2.24. The summed E-state index contributed by atoms with van der Waals surface area (Å²) in [5.74, 6) is -1.86. The summed E-state index contributed by atoms with van der Waals surface area (Å²) in [5, 5.41) is 12.8. The van der Waals surface area contributed by atoms with Gasteiger partial charge in [-0.3, -0.25) is 14.9 Å². The van der Waals surface area contributed by atoms with Crippen LogP contribution in [0.1, 0.15) is 21.5 Å². The Morgan fingerprint density at radius 1 is 1.08 bits per heavy atom. The van der Waals surface area contributed by atoms with Crippen LogP contribution in [0.4, 0.5) is 5.13 Å². The van der Waals surface area contributed by atoms with E-state index in [9.17, 15) is 14.7 Å². The molecule has 7 heteroatoms. The van der Waals surface area contributed by atoms with Gasteiger partial charge in [-0.15, -0.1) is 0 Å². The Bertz CT molecular complexity index is 994. The fourth-order valence-corrected chi connectivity index (χ4v) is 3.20. The van der Waals surface area contributed by atoms with Crippen molar-refractivity contribution < 1.29 is 31.8 Å². The molecular weight excluding hydrogens is 392 g/mol. The molecule has 1 aromatic heterocycles. The van der Waals surface area contributed by atoms with E-state index >= 15 is 0 Å². The monoisotopic (exact) mass is 408 g/mol. The quantitative estimate of drug-likeness (QED) is 0.294. The third-order valence-electron chi connectivity index (χ3n) is 3.60. The fraction of sp³-hybridized carbons (Fsp3) is 0.105. The van der Waals surface area contributed by atoms with Crippen molar-refractivity contribution >= 4 is 38.4 Å². The molecule has 0 atom stereocenters. The first kappa shape index (κ1) is 19.8. The molecule has 0 radical (unpaired) electrons. The number of anilines is 1. The van der Waals surface area contributed by atoms with E-state index in [1.54, 1.807) is 24.3 Å². The maximum atomic E-state index is 12.1. The van der Waals surface area contributed by atoms with Gasteiger partial charge in [0, 0.05) is 28.7 Å². The number of benzene rings is 2. The molecule has 1 amide bonds. The number of allylic oxidation sites excluding steroid dienone is 1. The van der Waals surface area contributed by atoms with Crippen molar-refractivity contribution in [2.24, 2.45) is 0 Å². The third-order valence-corrected chi connectivity index (χ3v) is 4.53. The van der Waals surface area contributed by atoms with Gasteiger partial charge in [-0.05, 0) is 31.5 Å². The number of thiazole rings is 1. The number of nitrogens with zero attached hydrogens (tertiary/aromatic N) is 1. The average Bonchev–Trinajstić information content (AvgIpc) is 2.96. The maximum absolute atomic E-state index is 12.1. The van der Waals surface area contributed by atoms with Gasteiger partial charge >= 0.3 is 0 Å². The van der Waals surface area contributed by atoms with Gasteiger partial charge in [-0.1, -0.05) is 47.2 Å². The number of hydrogen-bond acceptors (Lipinski definition) is 5. The van der Waals surface area contributed by atoms with Crippen molar-refractivity contribution in [3.63, 3.8) is 0 Å². The van der Waals surface area contributed by atoms with E-state index in [0.717, 1.165) is 27.4 Å². The van der Waals surface area contributed by atoms with Crippen LogP contribution in [-0.4, -0.2) is 21.8 Å². The molecular formula is C19H16FeN2O3S. The first-order valence-electron chi connectivity index (χ1n) is 7.62. The first-order chi connectivity index (χ1) is 11.9. The number of rotatable bonds is 4. The third kappa shape index (κ3) is 4.58. The number of carbonyl (C=O) groups is 2. The molecule has 0 bridgehead atoms. The minimum atomic E-state index is -0.767. The summed E-state index contributed by atoms with van der Waals surface area (Å²) in [6, 6.07) is 12.7. The predicted octanol–water partition coefficient (Wildman–Crippen LogP) is 4.17. The number of nitrogens with one attached hydrogen (secondary N) is 1. The van der Waals surface area contributed by atoms with Gasteiger partial charge in [0.2, 0.25) is 0 Å². The topological polar surface area (TPSA) is 79.3 Å². The van der Waals surface area contributed by atoms with E-state index in [1.807, 2.05) is 32.0 Å². The molecule has 0 fully saturated rings. The van der Waals surface area contributed by atoms with Gasteiger partial charge in [0.1, 0.15) is 0 Å². The van der Waals surface area contributed by atoms with Crippen molar-refractivity contribution in [1.82, 2.24) is 4.98 Å². The van der Waals surface area contributed by atoms with E-state index < -0.39 is 17.4 Å². The van der Waals surface area contributed by atoms with Crippen molar-refractivity contribution in [2.45, 2.75) is 13.8 Å². The van der Waals surface area contributed by atoms with Crippen LogP contribution in [0.5, 0.6) is 0 Å². The number of amides is 1. The summed E-state index contributed by atoms with van der Waals surface area (Å²) in [6.07, 6.45) is 0.914. The van der Waals surface area contributed by atoms with Crippen molar-refractivity contribution in [1.29, 1.82) is 0 Å². The summed E-state index contributed by atoms with van der Waals surface area (Å²) in [5.41, 5.74) is 3.29. The molecule has 3 aromatic rings. The van der Waals surface area contributed by atoms with Crippen LogP contribution in [0.3, 0.4) is 0 Å². The number of ketones is 1. The van der Waals surface area contributed by atoms with Crippen molar-refractivity contribution in [3.05, 3.63) is 71.0 Å². The number of aromatic nitrogens is 1. The van der Waals surface area contributed by atoms with Gasteiger partial charge in [-0.25, -0.2) is 4.98 Å². The molecule has 0 aliphatic carbocycles. The molecule has 134 valence electrons. The Morgan fingerprint density at radius 2 is 1.73 bits per heavy atom. The Balaban J connectivity index is 0.00000243. The van der Waals surface area contributed by atoms with Gasteiger partial charge in [-0.2, -0.15) is 0 Å². The van der Waals surface area contributed by atoms with Crippen molar-refractivity contribution in [3.8, 4) is 0 Å². The van der Waals surface area contributed by atoms with Gasteiger partial charge < -0.3 is 5.11 Å². The molecule has 5 nitrogen and oxygen atoms in total. The minimum absolute atomic E-state index is 0. The maximum Gasteiger partial charge on any atom is 0.292 e. The number of aliphatic hydroxyl groups is 1. The smallest absolute Gasteiger partial charge is 0.292 e. The summed E-state index contributed by atoms with van der Waals surface area (Å²) in [4.78, 5) is 28.4. The second kappa shape index (κ2) is 8.27. The number of fused-ring (bicyclic) bond motifs is 1. The van der Waals surface area contributed by atoms with Crippen LogP contribution in [0.2, 0.25) is 0 Å². The zero-order valence-electron chi connectivity index (χ0n) is 14.1. The molecule has 2 N–H and O–H groups in total. The Kier molecular flexibility index (Phi) is 6.32. The van der Waals surface area contributed by atoms with Crippen molar-refractivity contribution in [2.75, 3.05) is 5.32 Å². The minimum Gasteiger partial charge on any atom is -0.503 e. The molecule has 0 unspecified atom stereocenters. The standard InChI is InChI=1S/C19H16N2O3S.Fe/c1-11-3-6-13(7-4-11)15(22)10-16(23)18(24)21-19-20-14-8-5-12(2)9-17(14)25-19;/h3-10,23H,1-2H3,(H,20,21,24);. The van der Waals surface area contributed by atoms with Crippen LogP contribution < -0.4 is 5.32 Å². The molecule has 0 saturated heterocycles. The molecule has 0 saturated carbocycles. The number of aliphatic hydroxyl groups excluding tert-OH is 1. The van der Waals surface area contributed by atoms with Crippen LogP contribution >= 0.6 is 11.3 Å². The van der Waals surface area contributed by atoms with E-state index in [-0.39, 0.29) is 17.1 Å². The van der Waals surface area contributed by atoms with Crippen LogP contribution in [-0.2, 0) is 21.9 Å². The van der Waals surface area contributed by atoms with E-state index in [4.69, 9.17) is 0 Å². The predicted molar refractivity (Wildman–Crippen MR) is 99.2 cm³/mol. The molecule has 3 rings (SSSR count). The number of hydrogen-bond donors (Lipinski definition) is 2. The van der Waals surface area contributed by atoms with Gasteiger partial charge in [0.25, 0.3) is 5.91 Å². The normalized spacial score (nSPS) is 11.1. The Morgan fingerprint density at radius 3 is 2.42 bits per heavy atom. The zero-order valence-corrected chi connectivity index (χ0v) is 16.0. The second-order valence-corrected chi connectivity index (χ2v) is 6.73. The van der Waals surface area contributed by atoms with Crippen LogP contribution in [0, 0.1) is 13.8 Å². The van der Waals surface area contributed by atoms with E-state index in [1.165, 1.54) is 11.3 Å². The zero-order chi connectivity index (χ0) is 18.0. The van der Waals surface area contributed by atoms with E-state index in [0.29, 0.717) is 10.7 Å². The molecule has 0 spiro atoms. The van der Waals surface area contributed by atoms with Crippen LogP contribution in [0.25, 0.3) is 10.2 Å². The largest absolute Gasteiger partial charge is 0.503 e. The summed E-state index contributed by atoms with van der Waals surface area (Å²) in [6.45, 7) is 3.89. The number of carbonyl (C=O) groups excluding carboxylic acids is 2.